The van der Waals surface area contributed by atoms with Crippen LogP contribution in [0, 0.1) is 0 Å². The van der Waals surface area contributed by atoms with Crippen LogP contribution in [0.15, 0.2) is 48.5 Å². The second-order valence-corrected chi connectivity index (χ2v) is 5.87. The first kappa shape index (κ1) is 18.3. The molecule has 1 heterocycles. The summed E-state index contributed by atoms with van der Waals surface area (Å²) in [6.45, 7) is 1.98. The van der Waals surface area contributed by atoms with E-state index in [-0.39, 0.29) is 12.0 Å². The topological polar surface area (TPSA) is 21.3 Å². The summed E-state index contributed by atoms with van der Waals surface area (Å²) in [5.74, 6) is 0.897. The molecular formula is C19H22F3NO. The highest BCUT2D eigenvalue weighted by Gasteiger charge is 2.31. The standard InChI is InChI=1S/C17H15F3O.C2H7N/c1-11-10-15(14-4-2-3-5-16(14)21-11)12-6-8-13(9-7-12)17(18,19)20;1-3-2/h2-9,11,15H,10H2,1H3;3H,1-2H3. The van der Waals surface area contributed by atoms with E-state index in [0.717, 1.165) is 35.4 Å². The summed E-state index contributed by atoms with van der Waals surface area (Å²) in [6.07, 6.45) is -3.48. The Kier molecular flexibility index (Phi) is 5.89. The first-order chi connectivity index (χ1) is 11.4. The molecule has 5 heteroatoms. The third kappa shape index (κ3) is 4.29. The van der Waals surface area contributed by atoms with Gasteiger partial charge in [0.2, 0.25) is 0 Å². The van der Waals surface area contributed by atoms with Crippen LogP contribution >= 0.6 is 0 Å². The van der Waals surface area contributed by atoms with Gasteiger partial charge in [0.05, 0.1) is 11.7 Å². The van der Waals surface area contributed by atoms with Gasteiger partial charge in [-0.2, -0.15) is 13.2 Å². The highest BCUT2D eigenvalue weighted by molar-refractivity contribution is 5.44. The van der Waals surface area contributed by atoms with Gasteiger partial charge in [-0.1, -0.05) is 30.3 Å². The third-order valence-corrected chi connectivity index (χ3v) is 3.83. The molecule has 0 saturated carbocycles. The number of para-hydroxylation sites is 1. The van der Waals surface area contributed by atoms with Crippen molar-refractivity contribution in [1.29, 1.82) is 0 Å². The van der Waals surface area contributed by atoms with E-state index in [1.807, 2.05) is 45.3 Å². The van der Waals surface area contributed by atoms with Crippen LogP contribution in [0.1, 0.15) is 36.0 Å². The second kappa shape index (κ2) is 7.71. The number of alkyl halides is 3. The molecule has 2 unspecified atom stereocenters. The lowest BCUT2D eigenvalue weighted by molar-refractivity contribution is -0.137. The van der Waals surface area contributed by atoms with E-state index in [9.17, 15) is 13.2 Å². The lowest BCUT2D eigenvalue weighted by atomic mass is 9.84. The molecule has 0 aliphatic carbocycles. The number of rotatable bonds is 1. The number of fused-ring (bicyclic) bond motifs is 1. The van der Waals surface area contributed by atoms with Gasteiger partial charge in [-0.25, -0.2) is 0 Å². The van der Waals surface area contributed by atoms with Crippen molar-refractivity contribution in [2.45, 2.75) is 31.5 Å². The SMILES string of the molecule is CC1CC(c2ccc(C(F)(F)F)cc2)c2ccccc2O1.CNC. The van der Waals surface area contributed by atoms with E-state index in [2.05, 4.69) is 5.32 Å². The molecule has 3 rings (SSSR count). The Bertz CT molecular complexity index is 652. The zero-order valence-corrected chi connectivity index (χ0v) is 14.0. The fourth-order valence-electron chi connectivity index (χ4n) is 2.82. The number of hydrogen-bond acceptors (Lipinski definition) is 2. The number of benzene rings is 2. The molecule has 2 aromatic rings. The van der Waals surface area contributed by atoms with Crippen LogP contribution in [0.2, 0.25) is 0 Å². The molecule has 0 bridgehead atoms. The Hall–Kier alpha value is -2.01. The number of ether oxygens (including phenoxy) is 1. The van der Waals surface area contributed by atoms with E-state index in [4.69, 9.17) is 4.74 Å². The van der Waals surface area contributed by atoms with Crippen LogP contribution in [0.25, 0.3) is 0 Å². The van der Waals surface area contributed by atoms with Crippen LogP contribution in [-0.2, 0) is 6.18 Å². The van der Waals surface area contributed by atoms with Gasteiger partial charge < -0.3 is 10.1 Å². The highest BCUT2D eigenvalue weighted by atomic mass is 19.4. The van der Waals surface area contributed by atoms with Gasteiger partial charge in [0.1, 0.15) is 5.75 Å². The van der Waals surface area contributed by atoms with Crippen molar-refractivity contribution in [2.24, 2.45) is 0 Å². The van der Waals surface area contributed by atoms with Gasteiger partial charge in [-0.3, -0.25) is 0 Å². The number of nitrogens with one attached hydrogen (secondary N) is 1. The maximum absolute atomic E-state index is 12.6. The molecule has 1 aliphatic rings. The fourth-order valence-corrected chi connectivity index (χ4v) is 2.82. The zero-order chi connectivity index (χ0) is 17.7. The monoisotopic (exact) mass is 337 g/mol. The summed E-state index contributed by atoms with van der Waals surface area (Å²) in [6, 6.07) is 13.2. The largest absolute Gasteiger partial charge is 0.490 e. The van der Waals surface area contributed by atoms with Crippen LogP contribution in [0.3, 0.4) is 0 Å². The van der Waals surface area contributed by atoms with Crippen molar-refractivity contribution in [3.8, 4) is 5.75 Å². The molecular weight excluding hydrogens is 315 g/mol. The minimum Gasteiger partial charge on any atom is -0.490 e. The van der Waals surface area contributed by atoms with Gasteiger partial charge in [-0.15, -0.1) is 0 Å². The summed E-state index contributed by atoms with van der Waals surface area (Å²) in [7, 11) is 3.75. The quantitative estimate of drug-likeness (QED) is 0.804. The second-order valence-electron chi connectivity index (χ2n) is 5.87. The third-order valence-electron chi connectivity index (χ3n) is 3.83. The molecule has 0 radical (unpaired) electrons. The molecule has 0 spiro atoms. The van der Waals surface area contributed by atoms with Crippen LogP contribution in [-0.4, -0.2) is 20.2 Å². The molecule has 1 N–H and O–H groups in total. The van der Waals surface area contributed by atoms with Crippen molar-refractivity contribution in [2.75, 3.05) is 14.1 Å². The lowest BCUT2D eigenvalue weighted by Gasteiger charge is -2.30. The molecule has 0 fully saturated rings. The molecule has 2 atom stereocenters. The normalized spacial score (nSPS) is 19.6. The fraction of sp³-hybridized carbons (Fsp3) is 0.368. The van der Waals surface area contributed by atoms with Crippen molar-refractivity contribution < 1.29 is 17.9 Å². The number of hydrogen-bond donors (Lipinski definition) is 1. The van der Waals surface area contributed by atoms with Crippen LogP contribution in [0.5, 0.6) is 5.75 Å². The van der Waals surface area contributed by atoms with Crippen molar-refractivity contribution in [3.05, 3.63) is 65.2 Å². The molecule has 130 valence electrons. The number of halogens is 3. The Morgan fingerprint density at radius 1 is 1.00 bits per heavy atom. The van der Waals surface area contributed by atoms with Gasteiger partial charge in [0.25, 0.3) is 0 Å². The van der Waals surface area contributed by atoms with Gasteiger partial charge in [0, 0.05) is 11.5 Å². The summed E-state index contributed by atoms with van der Waals surface area (Å²) in [5, 5.41) is 2.75. The molecule has 0 aromatic heterocycles. The summed E-state index contributed by atoms with van der Waals surface area (Å²) in [5.41, 5.74) is 1.32. The summed E-state index contributed by atoms with van der Waals surface area (Å²) < 4.78 is 43.7. The maximum atomic E-state index is 12.6. The van der Waals surface area contributed by atoms with Crippen LogP contribution < -0.4 is 10.1 Å². The molecule has 0 saturated heterocycles. The van der Waals surface area contributed by atoms with E-state index in [1.54, 1.807) is 12.1 Å². The van der Waals surface area contributed by atoms with Crippen molar-refractivity contribution in [1.82, 2.24) is 5.32 Å². The summed E-state index contributed by atoms with van der Waals surface area (Å²) >= 11 is 0. The zero-order valence-electron chi connectivity index (χ0n) is 14.0. The van der Waals surface area contributed by atoms with Crippen molar-refractivity contribution in [3.63, 3.8) is 0 Å². The van der Waals surface area contributed by atoms with Gasteiger partial charge in [0.15, 0.2) is 0 Å². The van der Waals surface area contributed by atoms with E-state index in [0.29, 0.717) is 0 Å². The minimum atomic E-state index is -4.29. The molecule has 2 aromatic carbocycles. The van der Waals surface area contributed by atoms with Crippen LogP contribution in [0.4, 0.5) is 13.2 Å². The van der Waals surface area contributed by atoms with Gasteiger partial charge >= 0.3 is 6.18 Å². The predicted octanol–water partition coefficient (Wildman–Crippen LogP) is 4.84. The minimum absolute atomic E-state index is 0.0483. The highest BCUT2D eigenvalue weighted by Crippen LogP contribution is 2.40. The first-order valence-electron chi connectivity index (χ1n) is 7.88. The lowest BCUT2D eigenvalue weighted by Crippen LogP contribution is -2.23. The van der Waals surface area contributed by atoms with E-state index >= 15 is 0 Å². The first-order valence-corrected chi connectivity index (χ1v) is 7.88. The molecule has 1 aliphatic heterocycles. The van der Waals surface area contributed by atoms with Gasteiger partial charge in [-0.05, 0) is 51.2 Å². The average Bonchev–Trinajstić information content (AvgIpc) is 2.54. The smallest absolute Gasteiger partial charge is 0.416 e. The Balaban J connectivity index is 0.000000647. The average molecular weight is 337 g/mol. The Labute approximate surface area is 140 Å². The summed E-state index contributed by atoms with van der Waals surface area (Å²) in [4.78, 5) is 0. The molecule has 0 amide bonds. The van der Waals surface area contributed by atoms with Crippen molar-refractivity contribution >= 4 is 0 Å². The Morgan fingerprint density at radius 2 is 1.58 bits per heavy atom. The van der Waals surface area contributed by atoms with E-state index in [1.165, 1.54) is 0 Å². The Morgan fingerprint density at radius 3 is 2.17 bits per heavy atom. The maximum Gasteiger partial charge on any atom is 0.416 e. The molecule has 24 heavy (non-hydrogen) atoms. The predicted molar refractivity (Wildman–Crippen MR) is 89.4 cm³/mol. The molecule has 2 nitrogen and oxygen atoms in total. The van der Waals surface area contributed by atoms with E-state index < -0.39 is 11.7 Å².